The third-order valence-electron chi connectivity index (χ3n) is 6.67. The van der Waals surface area contributed by atoms with Crippen molar-refractivity contribution < 1.29 is 23.8 Å². The molecule has 35 heavy (non-hydrogen) atoms. The SMILES string of the molecule is CCOC(=O)CCc1c(F)cccc1[C@@H](C)OC[C@H](O)CN1CCC[C@H]1Cc1ccc(C)c(Cl)c1. The number of ether oxygens (including phenoxy) is 2. The predicted octanol–water partition coefficient (Wildman–Crippen LogP) is 5.43. The van der Waals surface area contributed by atoms with E-state index in [2.05, 4.69) is 17.0 Å². The second kappa shape index (κ2) is 13.4. The maximum atomic E-state index is 14.5. The van der Waals surface area contributed by atoms with E-state index in [1.807, 2.05) is 26.0 Å². The van der Waals surface area contributed by atoms with Crippen molar-refractivity contribution in [3.05, 3.63) is 69.5 Å². The largest absolute Gasteiger partial charge is 0.466 e. The van der Waals surface area contributed by atoms with E-state index in [-0.39, 0.29) is 31.2 Å². The number of aliphatic hydroxyl groups is 1. The molecule has 2 aromatic rings. The minimum atomic E-state index is -0.656. The molecule has 0 amide bonds. The van der Waals surface area contributed by atoms with Crippen LogP contribution in [0.15, 0.2) is 36.4 Å². The Labute approximate surface area is 213 Å². The summed E-state index contributed by atoms with van der Waals surface area (Å²) in [5.41, 5.74) is 3.43. The van der Waals surface area contributed by atoms with Crippen LogP contribution in [0.2, 0.25) is 5.02 Å². The minimum Gasteiger partial charge on any atom is -0.466 e. The molecule has 1 N–H and O–H groups in total. The molecule has 0 saturated carbocycles. The van der Waals surface area contributed by atoms with Crippen molar-refractivity contribution in [2.24, 2.45) is 0 Å². The molecular weight excluding hydrogens is 469 g/mol. The summed E-state index contributed by atoms with van der Waals surface area (Å²) in [5.74, 6) is -0.710. The molecule has 0 bridgehead atoms. The van der Waals surface area contributed by atoms with E-state index < -0.39 is 12.2 Å². The van der Waals surface area contributed by atoms with Gasteiger partial charge in [0.2, 0.25) is 0 Å². The molecule has 1 fully saturated rings. The van der Waals surface area contributed by atoms with Crippen LogP contribution in [0.25, 0.3) is 0 Å². The highest BCUT2D eigenvalue weighted by atomic mass is 35.5. The van der Waals surface area contributed by atoms with E-state index in [1.165, 1.54) is 11.6 Å². The van der Waals surface area contributed by atoms with Crippen molar-refractivity contribution in [1.82, 2.24) is 4.90 Å². The van der Waals surface area contributed by atoms with E-state index >= 15 is 0 Å². The number of likely N-dealkylation sites (tertiary alicyclic amines) is 1. The Morgan fingerprint density at radius 2 is 2.11 bits per heavy atom. The third-order valence-corrected chi connectivity index (χ3v) is 7.08. The highest BCUT2D eigenvalue weighted by molar-refractivity contribution is 6.31. The Hall–Kier alpha value is -1.99. The number of β-amino-alcohol motifs (C(OH)–C–C–N with tert-alkyl or cyclic N) is 1. The number of carbonyl (C=O) groups excluding carboxylic acids is 1. The van der Waals surface area contributed by atoms with Gasteiger partial charge >= 0.3 is 5.97 Å². The molecule has 0 unspecified atom stereocenters. The molecule has 3 rings (SSSR count). The fourth-order valence-electron chi connectivity index (χ4n) is 4.75. The summed E-state index contributed by atoms with van der Waals surface area (Å²) in [4.78, 5) is 14.1. The predicted molar refractivity (Wildman–Crippen MR) is 136 cm³/mol. The molecule has 1 aliphatic heterocycles. The molecular formula is C28H37ClFNO4. The maximum absolute atomic E-state index is 14.5. The third kappa shape index (κ3) is 8.01. The van der Waals surface area contributed by atoms with Crippen LogP contribution in [0.3, 0.4) is 0 Å². The fraction of sp³-hybridized carbons (Fsp3) is 0.536. The second-order valence-corrected chi connectivity index (χ2v) is 9.73. The van der Waals surface area contributed by atoms with Gasteiger partial charge in [-0.15, -0.1) is 0 Å². The fourth-order valence-corrected chi connectivity index (χ4v) is 4.95. The Morgan fingerprint density at radius 3 is 2.86 bits per heavy atom. The van der Waals surface area contributed by atoms with Crippen LogP contribution in [0.1, 0.15) is 61.5 Å². The zero-order valence-electron chi connectivity index (χ0n) is 20.9. The second-order valence-electron chi connectivity index (χ2n) is 9.32. The summed E-state index contributed by atoms with van der Waals surface area (Å²) in [6.45, 7) is 7.50. The van der Waals surface area contributed by atoms with Crippen LogP contribution in [0, 0.1) is 12.7 Å². The van der Waals surface area contributed by atoms with E-state index in [1.54, 1.807) is 13.0 Å². The molecule has 0 aliphatic carbocycles. The first-order valence-electron chi connectivity index (χ1n) is 12.5. The van der Waals surface area contributed by atoms with Crippen LogP contribution in [0.5, 0.6) is 0 Å². The van der Waals surface area contributed by atoms with Crippen LogP contribution in [0.4, 0.5) is 4.39 Å². The van der Waals surface area contributed by atoms with Crippen LogP contribution in [-0.2, 0) is 27.1 Å². The molecule has 0 radical (unpaired) electrons. The number of aryl methyl sites for hydroxylation is 1. The summed E-state index contributed by atoms with van der Waals surface area (Å²) in [5, 5.41) is 11.5. The zero-order valence-corrected chi connectivity index (χ0v) is 21.7. The van der Waals surface area contributed by atoms with Gasteiger partial charge in [-0.2, -0.15) is 0 Å². The number of rotatable bonds is 12. The van der Waals surface area contributed by atoms with Crippen LogP contribution in [-0.4, -0.2) is 54.4 Å². The average molecular weight is 506 g/mol. The molecule has 1 heterocycles. The van der Waals surface area contributed by atoms with Gasteiger partial charge in [0, 0.05) is 24.0 Å². The number of aliphatic hydroxyl groups excluding tert-OH is 1. The smallest absolute Gasteiger partial charge is 0.306 e. The molecule has 2 aromatic carbocycles. The highest BCUT2D eigenvalue weighted by Gasteiger charge is 2.27. The Bertz CT molecular complexity index is 985. The molecule has 0 aromatic heterocycles. The quantitative estimate of drug-likeness (QED) is 0.390. The lowest BCUT2D eigenvalue weighted by molar-refractivity contribution is -0.143. The van der Waals surface area contributed by atoms with Gasteiger partial charge in [0.1, 0.15) is 5.82 Å². The Balaban J connectivity index is 1.53. The van der Waals surface area contributed by atoms with Crippen molar-refractivity contribution in [2.45, 2.75) is 71.1 Å². The molecule has 7 heteroatoms. The van der Waals surface area contributed by atoms with E-state index in [9.17, 15) is 14.3 Å². The minimum absolute atomic E-state index is 0.111. The zero-order chi connectivity index (χ0) is 25.4. The summed E-state index contributed by atoms with van der Waals surface area (Å²) >= 11 is 6.29. The first kappa shape index (κ1) is 27.6. The average Bonchev–Trinajstić information content (AvgIpc) is 3.25. The van der Waals surface area contributed by atoms with Gasteiger partial charge < -0.3 is 14.6 Å². The Kier molecular flexibility index (Phi) is 10.5. The number of carbonyl (C=O) groups is 1. The monoisotopic (exact) mass is 505 g/mol. The molecule has 1 saturated heterocycles. The normalized spacial score (nSPS) is 17.9. The van der Waals surface area contributed by atoms with Gasteiger partial charge in [-0.05, 0) is 87.4 Å². The van der Waals surface area contributed by atoms with Crippen molar-refractivity contribution >= 4 is 17.6 Å². The van der Waals surface area contributed by atoms with Crippen molar-refractivity contribution in [3.63, 3.8) is 0 Å². The van der Waals surface area contributed by atoms with Gasteiger partial charge in [-0.25, -0.2) is 4.39 Å². The van der Waals surface area contributed by atoms with Crippen LogP contribution >= 0.6 is 11.6 Å². The van der Waals surface area contributed by atoms with Gasteiger partial charge in [0.15, 0.2) is 0 Å². The van der Waals surface area contributed by atoms with Crippen molar-refractivity contribution in [1.29, 1.82) is 0 Å². The number of hydrogen-bond donors (Lipinski definition) is 1. The van der Waals surface area contributed by atoms with Gasteiger partial charge in [0.25, 0.3) is 0 Å². The van der Waals surface area contributed by atoms with Crippen LogP contribution < -0.4 is 0 Å². The van der Waals surface area contributed by atoms with Gasteiger partial charge in [0.05, 0.1) is 25.4 Å². The van der Waals surface area contributed by atoms with E-state index in [0.717, 1.165) is 36.4 Å². The van der Waals surface area contributed by atoms with E-state index in [4.69, 9.17) is 21.1 Å². The Morgan fingerprint density at radius 1 is 1.31 bits per heavy atom. The standard InChI is InChI=1S/C28H37ClFNO4/c1-4-34-28(33)13-12-25-24(8-5-9-27(25)30)20(3)35-18-23(32)17-31-14-6-7-22(31)15-21-11-10-19(2)26(29)16-21/h5,8-11,16,20,22-23,32H,4,6-7,12-15,17-18H2,1-3H3/t20-,22+,23-/m1/s1. The highest BCUT2D eigenvalue weighted by Crippen LogP contribution is 2.27. The van der Waals surface area contributed by atoms with Gasteiger partial charge in [-0.3, -0.25) is 9.69 Å². The molecule has 192 valence electrons. The molecule has 3 atom stereocenters. The topological polar surface area (TPSA) is 59.0 Å². The molecule has 0 spiro atoms. The molecule has 1 aliphatic rings. The summed E-state index contributed by atoms with van der Waals surface area (Å²) in [7, 11) is 0. The lowest BCUT2D eigenvalue weighted by Gasteiger charge is -2.28. The number of hydrogen-bond acceptors (Lipinski definition) is 5. The summed E-state index contributed by atoms with van der Waals surface area (Å²) in [6, 6.07) is 11.4. The summed E-state index contributed by atoms with van der Waals surface area (Å²) in [6.07, 6.45) is 2.37. The lowest BCUT2D eigenvalue weighted by Crippen LogP contribution is -2.39. The first-order chi connectivity index (χ1) is 16.8. The maximum Gasteiger partial charge on any atom is 0.306 e. The van der Waals surface area contributed by atoms with Crippen molar-refractivity contribution in [2.75, 3.05) is 26.3 Å². The lowest BCUT2D eigenvalue weighted by atomic mass is 9.98. The summed E-state index contributed by atoms with van der Waals surface area (Å²) < 4.78 is 25.4. The van der Waals surface area contributed by atoms with Gasteiger partial charge in [-0.1, -0.05) is 35.9 Å². The van der Waals surface area contributed by atoms with Crippen molar-refractivity contribution in [3.8, 4) is 0 Å². The number of halogens is 2. The van der Waals surface area contributed by atoms with E-state index in [0.29, 0.717) is 30.3 Å². The number of nitrogens with zero attached hydrogens (tertiary/aromatic N) is 1. The molecule has 5 nitrogen and oxygen atoms in total. The first-order valence-corrected chi connectivity index (χ1v) is 12.9. The number of benzene rings is 2. The number of esters is 1.